The van der Waals surface area contributed by atoms with Gasteiger partial charge in [0.2, 0.25) is 0 Å². The summed E-state index contributed by atoms with van der Waals surface area (Å²) in [5.41, 5.74) is 1.15. The van der Waals surface area contributed by atoms with Crippen LogP contribution in [-0.2, 0) is 0 Å². The molecule has 0 bridgehead atoms. The molecule has 0 saturated carbocycles. The van der Waals surface area contributed by atoms with Gasteiger partial charge in [-0.1, -0.05) is 0 Å². The van der Waals surface area contributed by atoms with E-state index in [1.165, 1.54) is 0 Å². The quantitative estimate of drug-likeness (QED) is 0.906. The summed E-state index contributed by atoms with van der Waals surface area (Å²) < 4.78 is 0.731. The molecule has 0 atom stereocenters. The van der Waals surface area contributed by atoms with Crippen LogP contribution in [0, 0.1) is 11.3 Å². The molecule has 0 aromatic heterocycles. The molecule has 1 aromatic carbocycles. The lowest BCUT2D eigenvalue weighted by atomic mass is 10.1. The summed E-state index contributed by atoms with van der Waals surface area (Å²) in [4.78, 5) is 12.9. The molecule has 0 aliphatic heterocycles. The number of nitriles is 1. The summed E-state index contributed by atoms with van der Waals surface area (Å²) in [6.45, 7) is 4.70. The van der Waals surface area contributed by atoms with E-state index in [1.54, 1.807) is 18.2 Å². The van der Waals surface area contributed by atoms with Gasteiger partial charge in [0.25, 0.3) is 0 Å². The van der Waals surface area contributed by atoms with Crippen molar-refractivity contribution in [3.63, 3.8) is 0 Å². The Morgan fingerprint density at radius 1 is 1.56 bits per heavy atom. The van der Waals surface area contributed by atoms with E-state index in [-0.39, 0.29) is 11.6 Å². The Morgan fingerprint density at radius 3 is 2.67 bits per heavy atom. The zero-order chi connectivity index (χ0) is 13.7. The summed E-state index contributed by atoms with van der Waals surface area (Å²) in [6.07, 6.45) is 0.436. The number of carbonyl (C=O) groups is 1. The SMILES string of the molecule is CC(C)N(CCC#N)c1ccc(C(=O)O)cc1Br. The van der Waals surface area contributed by atoms with Crippen molar-refractivity contribution in [3.05, 3.63) is 28.2 Å². The first-order valence-electron chi connectivity index (χ1n) is 5.63. The Morgan fingerprint density at radius 2 is 2.22 bits per heavy atom. The summed E-state index contributed by atoms with van der Waals surface area (Å²) in [7, 11) is 0. The van der Waals surface area contributed by atoms with Gasteiger partial charge in [0.15, 0.2) is 0 Å². The fourth-order valence-electron chi connectivity index (χ4n) is 1.70. The van der Waals surface area contributed by atoms with Crippen LogP contribution in [-0.4, -0.2) is 23.7 Å². The topological polar surface area (TPSA) is 64.3 Å². The maximum absolute atomic E-state index is 10.9. The number of rotatable bonds is 5. The molecule has 0 heterocycles. The predicted octanol–water partition coefficient (Wildman–Crippen LogP) is 3.28. The van der Waals surface area contributed by atoms with E-state index in [9.17, 15) is 4.79 Å². The molecule has 0 spiro atoms. The van der Waals surface area contributed by atoms with E-state index in [1.807, 2.05) is 13.8 Å². The smallest absolute Gasteiger partial charge is 0.335 e. The zero-order valence-corrected chi connectivity index (χ0v) is 11.9. The fraction of sp³-hybridized carbons (Fsp3) is 0.385. The Labute approximate surface area is 115 Å². The average molecular weight is 311 g/mol. The third kappa shape index (κ3) is 3.47. The van der Waals surface area contributed by atoms with E-state index in [4.69, 9.17) is 10.4 Å². The zero-order valence-electron chi connectivity index (χ0n) is 10.4. The Kier molecular flexibility index (Phi) is 5.17. The van der Waals surface area contributed by atoms with Crippen molar-refractivity contribution in [1.29, 1.82) is 5.26 Å². The predicted molar refractivity (Wildman–Crippen MR) is 73.8 cm³/mol. The van der Waals surface area contributed by atoms with E-state index >= 15 is 0 Å². The van der Waals surface area contributed by atoms with Crippen LogP contribution < -0.4 is 4.90 Å². The third-order valence-electron chi connectivity index (χ3n) is 2.59. The van der Waals surface area contributed by atoms with Crippen molar-refractivity contribution < 1.29 is 9.90 Å². The second kappa shape index (κ2) is 6.41. The van der Waals surface area contributed by atoms with Crippen molar-refractivity contribution >= 4 is 27.6 Å². The van der Waals surface area contributed by atoms with Gasteiger partial charge < -0.3 is 10.0 Å². The van der Waals surface area contributed by atoms with E-state index < -0.39 is 5.97 Å². The third-order valence-corrected chi connectivity index (χ3v) is 3.23. The van der Waals surface area contributed by atoms with Crippen LogP contribution >= 0.6 is 15.9 Å². The van der Waals surface area contributed by atoms with E-state index in [2.05, 4.69) is 26.9 Å². The highest BCUT2D eigenvalue weighted by Crippen LogP contribution is 2.29. The largest absolute Gasteiger partial charge is 0.478 e. The number of nitrogens with zero attached hydrogens (tertiary/aromatic N) is 2. The first kappa shape index (κ1) is 14.5. The molecular formula is C13H15BrN2O2. The van der Waals surface area contributed by atoms with Crippen LogP contribution in [0.1, 0.15) is 30.6 Å². The monoisotopic (exact) mass is 310 g/mol. The minimum Gasteiger partial charge on any atom is -0.478 e. The van der Waals surface area contributed by atoms with Crippen molar-refractivity contribution in [3.8, 4) is 6.07 Å². The number of carboxylic acid groups (broad SMARTS) is 1. The highest BCUT2D eigenvalue weighted by atomic mass is 79.9. The molecule has 0 radical (unpaired) electrons. The highest BCUT2D eigenvalue weighted by molar-refractivity contribution is 9.10. The van der Waals surface area contributed by atoms with Gasteiger partial charge in [-0.05, 0) is 48.0 Å². The summed E-state index contributed by atoms with van der Waals surface area (Å²) in [5.74, 6) is -0.949. The molecule has 5 heteroatoms. The summed E-state index contributed by atoms with van der Waals surface area (Å²) in [6, 6.07) is 7.29. The second-order valence-corrected chi connectivity index (χ2v) is 5.02. The number of halogens is 1. The standard InChI is InChI=1S/C13H15BrN2O2/c1-9(2)16(7-3-6-15)12-5-4-10(13(17)18)8-11(12)14/h4-5,8-9H,3,7H2,1-2H3,(H,17,18). The number of aromatic carboxylic acids is 1. The van der Waals surface area contributed by atoms with Crippen LogP contribution in [0.15, 0.2) is 22.7 Å². The molecular weight excluding hydrogens is 296 g/mol. The van der Waals surface area contributed by atoms with E-state index in [0.29, 0.717) is 13.0 Å². The van der Waals surface area contributed by atoms with Crippen LogP contribution in [0.4, 0.5) is 5.69 Å². The first-order valence-corrected chi connectivity index (χ1v) is 6.43. The van der Waals surface area contributed by atoms with Crippen molar-refractivity contribution in [1.82, 2.24) is 0 Å². The maximum Gasteiger partial charge on any atom is 0.335 e. The number of hydrogen-bond acceptors (Lipinski definition) is 3. The van der Waals surface area contributed by atoms with Crippen molar-refractivity contribution in [2.24, 2.45) is 0 Å². The Hall–Kier alpha value is -1.54. The van der Waals surface area contributed by atoms with Gasteiger partial charge >= 0.3 is 5.97 Å². The minimum atomic E-state index is -0.949. The highest BCUT2D eigenvalue weighted by Gasteiger charge is 2.15. The van der Waals surface area contributed by atoms with Crippen molar-refractivity contribution in [2.75, 3.05) is 11.4 Å². The van der Waals surface area contributed by atoms with Gasteiger partial charge in [0, 0.05) is 17.1 Å². The van der Waals surface area contributed by atoms with Gasteiger partial charge in [-0.25, -0.2) is 4.79 Å². The summed E-state index contributed by atoms with van der Waals surface area (Å²) in [5, 5.41) is 17.6. The molecule has 1 N–H and O–H groups in total. The second-order valence-electron chi connectivity index (χ2n) is 4.17. The first-order chi connectivity index (χ1) is 8.47. The Bertz CT molecular complexity index is 480. The van der Waals surface area contributed by atoms with Crippen LogP contribution in [0.5, 0.6) is 0 Å². The number of carboxylic acids is 1. The average Bonchev–Trinajstić information content (AvgIpc) is 2.30. The van der Waals surface area contributed by atoms with Gasteiger partial charge in [-0.2, -0.15) is 5.26 Å². The summed E-state index contributed by atoms with van der Waals surface area (Å²) >= 11 is 3.39. The van der Waals surface area contributed by atoms with Gasteiger partial charge in [0.1, 0.15) is 0 Å². The lowest BCUT2D eigenvalue weighted by Gasteiger charge is -2.29. The van der Waals surface area contributed by atoms with Gasteiger partial charge in [-0.15, -0.1) is 0 Å². The lowest BCUT2D eigenvalue weighted by Crippen LogP contribution is -2.31. The molecule has 0 amide bonds. The minimum absolute atomic E-state index is 0.241. The molecule has 0 aliphatic rings. The molecule has 0 fully saturated rings. The molecule has 18 heavy (non-hydrogen) atoms. The molecule has 1 aromatic rings. The molecule has 0 aliphatic carbocycles. The molecule has 96 valence electrons. The van der Waals surface area contributed by atoms with Gasteiger partial charge in [-0.3, -0.25) is 0 Å². The maximum atomic E-state index is 10.9. The molecule has 4 nitrogen and oxygen atoms in total. The van der Waals surface area contributed by atoms with Crippen molar-refractivity contribution in [2.45, 2.75) is 26.3 Å². The normalized spacial score (nSPS) is 10.2. The molecule has 1 rings (SSSR count). The van der Waals surface area contributed by atoms with Crippen LogP contribution in [0.25, 0.3) is 0 Å². The molecule has 0 unspecified atom stereocenters. The van der Waals surface area contributed by atoms with Crippen LogP contribution in [0.3, 0.4) is 0 Å². The van der Waals surface area contributed by atoms with Gasteiger partial charge in [0.05, 0.1) is 23.7 Å². The Balaban J connectivity index is 3.06. The number of anilines is 1. The number of benzene rings is 1. The van der Waals surface area contributed by atoms with Crippen LogP contribution in [0.2, 0.25) is 0 Å². The number of hydrogen-bond donors (Lipinski definition) is 1. The fourth-order valence-corrected chi connectivity index (χ4v) is 2.31. The van der Waals surface area contributed by atoms with E-state index in [0.717, 1.165) is 10.2 Å². The lowest BCUT2D eigenvalue weighted by molar-refractivity contribution is 0.0697. The molecule has 0 saturated heterocycles.